The number of rotatable bonds is 2. The summed E-state index contributed by atoms with van der Waals surface area (Å²) in [6, 6.07) is 5.79. The Balaban J connectivity index is 2.14. The first-order chi connectivity index (χ1) is 12.0. The monoisotopic (exact) mass is 381 g/mol. The molecule has 0 N–H and O–H groups in total. The van der Waals surface area contributed by atoms with Crippen LogP contribution in [0.25, 0.3) is 0 Å². The summed E-state index contributed by atoms with van der Waals surface area (Å²) in [5.74, 6) is -0.0770. The zero-order valence-electron chi connectivity index (χ0n) is 16.4. The van der Waals surface area contributed by atoms with E-state index in [1.54, 1.807) is 18.0 Å². The molecule has 2 rings (SSSR count). The topological polar surface area (TPSA) is 53.1 Å². The van der Waals surface area contributed by atoms with Crippen LogP contribution >= 0.6 is 11.6 Å². The summed E-state index contributed by atoms with van der Waals surface area (Å²) in [6.45, 7) is 11.0. The fourth-order valence-electron chi connectivity index (χ4n) is 2.94. The number of benzene rings is 1. The van der Waals surface area contributed by atoms with Gasteiger partial charge in [-0.15, -0.1) is 0 Å². The van der Waals surface area contributed by atoms with Crippen molar-refractivity contribution in [3.05, 3.63) is 23.2 Å². The quantitative estimate of drug-likeness (QED) is 0.782. The van der Waals surface area contributed by atoms with Crippen molar-refractivity contribution in [3.8, 4) is 0 Å². The minimum atomic E-state index is -0.500. The summed E-state index contributed by atoms with van der Waals surface area (Å²) >= 11 is 6.25. The van der Waals surface area contributed by atoms with Crippen LogP contribution in [0.3, 0.4) is 0 Å². The predicted octanol–water partition coefficient (Wildman–Crippen LogP) is 3.77. The van der Waals surface area contributed by atoms with Crippen LogP contribution in [0.4, 0.5) is 16.2 Å². The lowest BCUT2D eigenvalue weighted by molar-refractivity contribution is -0.116. The predicted molar refractivity (Wildman–Crippen MR) is 105 cm³/mol. The highest BCUT2D eigenvalue weighted by Crippen LogP contribution is 2.32. The molecular formula is C19H28ClN3O3. The second-order valence-electron chi connectivity index (χ2n) is 7.68. The van der Waals surface area contributed by atoms with Crippen LogP contribution in [-0.4, -0.2) is 55.2 Å². The van der Waals surface area contributed by atoms with Crippen LogP contribution < -0.4 is 9.80 Å². The molecule has 0 unspecified atom stereocenters. The normalized spacial score (nSPS) is 17.9. The summed E-state index contributed by atoms with van der Waals surface area (Å²) in [4.78, 5) is 29.5. The summed E-state index contributed by atoms with van der Waals surface area (Å²) < 4.78 is 5.47. The van der Waals surface area contributed by atoms with Crippen LogP contribution in [0.15, 0.2) is 18.2 Å². The van der Waals surface area contributed by atoms with E-state index in [4.69, 9.17) is 16.3 Å². The summed E-state index contributed by atoms with van der Waals surface area (Å²) in [6.07, 6.45) is -0.280. The SMILES string of the molecule is CC(=O)N(C)c1cc(N2CCN(C(=O)OC(C)(C)C)C[C@@H]2C)ccc1Cl. The van der Waals surface area contributed by atoms with E-state index in [-0.39, 0.29) is 18.0 Å². The van der Waals surface area contributed by atoms with Crippen LogP contribution in [0.1, 0.15) is 34.6 Å². The third-order valence-electron chi connectivity index (χ3n) is 4.37. The van der Waals surface area contributed by atoms with E-state index in [2.05, 4.69) is 11.8 Å². The molecule has 1 aliphatic heterocycles. The third kappa shape index (κ3) is 4.81. The molecule has 1 atom stereocenters. The maximum atomic E-state index is 12.3. The fraction of sp³-hybridized carbons (Fsp3) is 0.579. The number of nitrogens with zero attached hydrogens (tertiary/aromatic N) is 3. The standard InChI is InChI=1S/C19H28ClN3O3/c1-13-12-22(18(25)26-19(3,4)5)9-10-23(13)15-7-8-16(20)17(11-15)21(6)14(2)24/h7-8,11,13H,9-10,12H2,1-6H3/t13-/m0/s1. The average Bonchev–Trinajstić information content (AvgIpc) is 2.53. The molecule has 1 heterocycles. The van der Waals surface area contributed by atoms with E-state index in [1.165, 1.54) is 11.8 Å². The molecule has 2 amide bonds. The molecule has 0 aromatic heterocycles. The Morgan fingerprint density at radius 1 is 1.27 bits per heavy atom. The van der Waals surface area contributed by atoms with Gasteiger partial charge in [-0.3, -0.25) is 4.79 Å². The van der Waals surface area contributed by atoms with Gasteiger partial charge in [0.05, 0.1) is 10.7 Å². The number of anilines is 2. The van der Waals surface area contributed by atoms with Crippen molar-refractivity contribution in [2.45, 2.75) is 46.3 Å². The van der Waals surface area contributed by atoms with E-state index in [0.717, 1.165) is 5.69 Å². The number of piperazine rings is 1. The molecule has 1 aliphatic rings. The van der Waals surface area contributed by atoms with Gasteiger partial charge in [0.1, 0.15) is 5.60 Å². The highest BCUT2D eigenvalue weighted by Gasteiger charge is 2.30. The molecule has 26 heavy (non-hydrogen) atoms. The van der Waals surface area contributed by atoms with Crippen molar-refractivity contribution in [1.82, 2.24) is 4.90 Å². The lowest BCUT2D eigenvalue weighted by atomic mass is 10.1. The van der Waals surface area contributed by atoms with Crippen LogP contribution in [0.5, 0.6) is 0 Å². The largest absolute Gasteiger partial charge is 0.444 e. The molecule has 1 saturated heterocycles. The minimum absolute atomic E-state index is 0.0770. The maximum absolute atomic E-state index is 12.3. The fourth-order valence-corrected chi connectivity index (χ4v) is 3.18. The van der Waals surface area contributed by atoms with E-state index >= 15 is 0 Å². The molecule has 6 nitrogen and oxygen atoms in total. The number of carbonyl (C=O) groups excluding carboxylic acids is 2. The van der Waals surface area contributed by atoms with Gasteiger partial charge in [0.15, 0.2) is 0 Å². The van der Waals surface area contributed by atoms with Gasteiger partial charge in [0, 0.05) is 45.3 Å². The maximum Gasteiger partial charge on any atom is 0.410 e. The summed E-state index contributed by atoms with van der Waals surface area (Å²) in [5.41, 5.74) is 1.16. The van der Waals surface area contributed by atoms with Gasteiger partial charge in [-0.2, -0.15) is 0 Å². The molecule has 1 fully saturated rings. The average molecular weight is 382 g/mol. The van der Waals surface area contributed by atoms with Gasteiger partial charge in [-0.1, -0.05) is 11.6 Å². The number of hydrogen-bond acceptors (Lipinski definition) is 4. The Kier molecular flexibility index (Phi) is 6.06. The Morgan fingerprint density at radius 2 is 1.92 bits per heavy atom. The Morgan fingerprint density at radius 3 is 2.46 bits per heavy atom. The molecule has 1 aromatic carbocycles. The smallest absolute Gasteiger partial charge is 0.410 e. The minimum Gasteiger partial charge on any atom is -0.444 e. The second kappa shape index (κ2) is 7.74. The first-order valence-electron chi connectivity index (χ1n) is 8.78. The number of carbonyl (C=O) groups is 2. The number of halogens is 1. The van der Waals surface area contributed by atoms with Gasteiger partial charge < -0.3 is 19.4 Å². The highest BCUT2D eigenvalue weighted by atomic mass is 35.5. The van der Waals surface area contributed by atoms with Crippen molar-refractivity contribution < 1.29 is 14.3 Å². The first kappa shape index (κ1) is 20.4. The van der Waals surface area contributed by atoms with Crippen LogP contribution in [0.2, 0.25) is 5.02 Å². The number of amides is 2. The molecule has 0 saturated carbocycles. The number of ether oxygens (including phenoxy) is 1. The highest BCUT2D eigenvalue weighted by molar-refractivity contribution is 6.33. The third-order valence-corrected chi connectivity index (χ3v) is 4.69. The van der Waals surface area contributed by atoms with Gasteiger partial charge in [-0.25, -0.2) is 4.79 Å². The zero-order valence-corrected chi connectivity index (χ0v) is 17.1. The van der Waals surface area contributed by atoms with Crippen LogP contribution in [-0.2, 0) is 9.53 Å². The molecular weight excluding hydrogens is 354 g/mol. The van der Waals surface area contributed by atoms with Gasteiger partial charge >= 0.3 is 6.09 Å². The molecule has 7 heteroatoms. The summed E-state index contributed by atoms with van der Waals surface area (Å²) in [5, 5.41) is 0.534. The molecule has 144 valence electrons. The van der Waals surface area contributed by atoms with Crippen molar-refractivity contribution in [3.63, 3.8) is 0 Å². The van der Waals surface area contributed by atoms with E-state index in [1.807, 2.05) is 32.9 Å². The summed E-state index contributed by atoms with van der Waals surface area (Å²) in [7, 11) is 1.71. The van der Waals surface area contributed by atoms with Crippen LogP contribution in [0, 0.1) is 0 Å². The van der Waals surface area contributed by atoms with Crippen molar-refractivity contribution >= 4 is 35.0 Å². The first-order valence-corrected chi connectivity index (χ1v) is 9.16. The molecule has 1 aromatic rings. The Labute approximate surface area is 160 Å². The second-order valence-corrected chi connectivity index (χ2v) is 8.09. The molecule has 0 bridgehead atoms. The van der Waals surface area contributed by atoms with Crippen molar-refractivity contribution in [2.75, 3.05) is 36.5 Å². The van der Waals surface area contributed by atoms with Crippen molar-refractivity contribution in [1.29, 1.82) is 0 Å². The lowest BCUT2D eigenvalue weighted by Gasteiger charge is -2.41. The lowest BCUT2D eigenvalue weighted by Crippen LogP contribution is -2.54. The molecule has 0 aliphatic carbocycles. The van der Waals surface area contributed by atoms with Gasteiger partial charge in [-0.05, 0) is 45.9 Å². The Hall–Kier alpha value is -1.95. The van der Waals surface area contributed by atoms with E-state index in [0.29, 0.717) is 30.3 Å². The van der Waals surface area contributed by atoms with E-state index in [9.17, 15) is 9.59 Å². The number of hydrogen-bond donors (Lipinski definition) is 0. The zero-order chi connectivity index (χ0) is 19.6. The van der Waals surface area contributed by atoms with Gasteiger partial charge in [0.2, 0.25) is 5.91 Å². The Bertz CT molecular complexity index is 687. The van der Waals surface area contributed by atoms with Crippen molar-refractivity contribution in [2.24, 2.45) is 0 Å². The van der Waals surface area contributed by atoms with Gasteiger partial charge in [0.25, 0.3) is 0 Å². The molecule has 0 spiro atoms. The van der Waals surface area contributed by atoms with E-state index < -0.39 is 5.60 Å². The molecule has 0 radical (unpaired) electrons.